The van der Waals surface area contributed by atoms with E-state index in [1.54, 1.807) is 4.68 Å². The Balaban J connectivity index is 2.26. The van der Waals surface area contributed by atoms with Gasteiger partial charge in [0.1, 0.15) is 0 Å². The summed E-state index contributed by atoms with van der Waals surface area (Å²) < 4.78 is 1.80. The number of hydrogen-bond donors (Lipinski definition) is 2. The first-order chi connectivity index (χ1) is 9.13. The van der Waals surface area contributed by atoms with Crippen molar-refractivity contribution in [2.45, 2.75) is 19.3 Å². The Morgan fingerprint density at radius 3 is 2.89 bits per heavy atom. The van der Waals surface area contributed by atoms with Crippen molar-refractivity contribution >= 4 is 16.9 Å². The second-order valence-electron chi connectivity index (χ2n) is 4.76. The van der Waals surface area contributed by atoms with Crippen molar-refractivity contribution in [2.24, 2.45) is 18.7 Å². The van der Waals surface area contributed by atoms with Crippen LogP contribution in [0.15, 0.2) is 24.3 Å². The number of hydrogen-bond acceptors (Lipinski definition) is 3. The smallest absolute Gasteiger partial charge is 0.306 e. The summed E-state index contributed by atoms with van der Waals surface area (Å²) >= 11 is 0. The molecule has 2 rings (SSSR count). The van der Waals surface area contributed by atoms with Gasteiger partial charge < -0.3 is 10.8 Å². The van der Waals surface area contributed by atoms with E-state index in [0.717, 1.165) is 23.0 Å². The fourth-order valence-electron chi connectivity index (χ4n) is 2.35. The second-order valence-corrected chi connectivity index (χ2v) is 4.76. The van der Waals surface area contributed by atoms with E-state index in [9.17, 15) is 9.90 Å². The van der Waals surface area contributed by atoms with Crippen molar-refractivity contribution in [2.75, 3.05) is 6.54 Å². The molecule has 1 aromatic carbocycles. The molecule has 1 aromatic heterocycles. The topological polar surface area (TPSA) is 81.1 Å². The van der Waals surface area contributed by atoms with Gasteiger partial charge in [-0.25, -0.2) is 0 Å². The summed E-state index contributed by atoms with van der Waals surface area (Å²) in [5.41, 5.74) is 7.33. The van der Waals surface area contributed by atoms with Gasteiger partial charge in [0.05, 0.1) is 17.1 Å². The SMILES string of the molecule is Cn1nc(CC(CCCN)C(=O)O)c2ccccc21. The molecule has 5 heteroatoms. The molecule has 0 aliphatic heterocycles. The number of carboxylic acids is 1. The van der Waals surface area contributed by atoms with Gasteiger partial charge in [-0.1, -0.05) is 18.2 Å². The lowest BCUT2D eigenvalue weighted by molar-refractivity contribution is -0.141. The fraction of sp³-hybridized carbons (Fsp3) is 0.429. The molecule has 0 radical (unpaired) electrons. The number of nitrogens with two attached hydrogens (primary N) is 1. The van der Waals surface area contributed by atoms with Crippen molar-refractivity contribution in [1.29, 1.82) is 0 Å². The van der Waals surface area contributed by atoms with Crippen LogP contribution in [0.5, 0.6) is 0 Å². The molecule has 102 valence electrons. The summed E-state index contributed by atoms with van der Waals surface area (Å²) in [6, 6.07) is 7.88. The highest BCUT2D eigenvalue weighted by Gasteiger charge is 2.20. The van der Waals surface area contributed by atoms with E-state index < -0.39 is 11.9 Å². The summed E-state index contributed by atoms with van der Waals surface area (Å²) in [4.78, 5) is 11.3. The Bertz CT molecular complexity index is 577. The van der Waals surface area contributed by atoms with Gasteiger partial charge >= 0.3 is 5.97 Å². The summed E-state index contributed by atoms with van der Waals surface area (Å²) in [6.45, 7) is 0.521. The first-order valence-electron chi connectivity index (χ1n) is 6.47. The minimum Gasteiger partial charge on any atom is -0.481 e. The summed E-state index contributed by atoms with van der Waals surface area (Å²) in [7, 11) is 1.88. The zero-order chi connectivity index (χ0) is 13.8. The van der Waals surface area contributed by atoms with Crippen LogP contribution in [0.3, 0.4) is 0 Å². The van der Waals surface area contributed by atoms with Crippen molar-refractivity contribution in [3.05, 3.63) is 30.0 Å². The summed E-state index contributed by atoms with van der Waals surface area (Å²) in [5, 5.41) is 14.7. The molecule has 2 aromatic rings. The first-order valence-corrected chi connectivity index (χ1v) is 6.47. The molecule has 0 fully saturated rings. The van der Waals surface area contributed by atoms with Gasteiger partial charge in [0.25, 0.3) is 0 Å². The number of carboxylic acid groups (broad SMARTS) is 1. The van der Waals surface area contributed by atoms with E-state index in [-0.39, 0.29) is 0 Å². The van der Waals surface area contributed by atoms with Crippen LogP contribution in [-0.4, -0.2) is 27.4 Å². The third-order valence-corrected chi connectivity index (χ3v) is 3.38. The Hall–Kier alpha value is -1.88. The number of aromatic nitrogens is 2. The standard InChI is InChI=1S/C14H19N3O2/c1-17-13-7-3-2-6-11(13)12(16-17)9-10(14(18)19)5-4-8-15/h2-3,6-7,10H,4-5,8-9,15H2,1H3,(H,18,19). The molecule has 0 bridgehead atoms. The van der Waals surface area contributed by atoms with E-state index >= 15 is 0 Å². The largest absolute Gasteiger partial charge is 0.481 e. The number of para-hydroxylation sites is 1. The summed E-state index contributed by atoms with van der Waals surface area (Å²) in [5.74, 6) is -1.19. The monoisotopic (exact) mass is 261 g/mol. The zero-order valence-corrected chi connectivity index (χ0v) is 11.0. The number of fused-ring (bicyclic) bond motifs is 1. The molecule has 19 heavy (non-hydrogen) atoms. The van der Waals surface area contributed by atoms with Crippen molar-refractivity contribution in [3.8, 4) is 0 Å². The number of aliphatic carboxylic acids is 1. The lowest BCUT2D eigenvalue weighted by atomic mass is 9.96. The molecule has 0 aliphatic rings. The average molecular weight is 261 g/mol. The third-order valence-electron chi connectivity index (χ3n) is 3.38. The maximum atomic E-state index is 11.3. The summed E-state index contributed by atoms with van der Waals surface area (Å²) in [6.07, 6.45) is 1.77. The van der Waals surface area contributed by atoms with Crippen molar-refractivity contribution < 1.29 is 9.90 Å². The highest BCUT2D eigenvalue weighted by molar-refractivity contribution is 5.82. The molecule has 0 saturated carbocycles. The van der Waals surface area contributed by atoms with Crippen LogP contribution >= 0.6 is 0 Å². The van der Waals surface area contributed by atoms with Gasteiger partial charge in [-0.3, -0.25) is 9.48 Å². The third kappa shape index (κ3) is 2.93. The lowest BCUT2D eigenvalue weighted by Gasteiger charge is -2.10. The van der Waals surface area contributed by atoms with Crippen LogP contribution in [0.4, 0.5) is 0 Å². The average Bonchev–Trinajstić information content (AvgIpc) is 2.72. The second kappa shape index (κ2) is 5.84. The quantitative estimate of drug-likeness (QED) is 0.826. The highest BCUT2D eigenvalue weighted by Crippen LogP contribution is 2.22. The molecular weight excluding hydrogens is 242 g/mol. The van der Waals surface area contributed by atoms with E-state index in [0.29, 0.717) is 19.4 Å². The number of aryl methyl sites for hydroxylation is 1. The van der Waals surface area contributed by atoms with Gasteiger partial charge in [-0.05, 0) is 25.5 Å². The molecule has 0 saturated heterocycles. The predicted molar refractivity (Wildman–Crippen MR) is 73.8 cm³/mol. The maximum absolute atomic E-state index is 11.3. The molecule has 1 atom stereocenters. The van der Waals surface area contributed by atoms with Crippen LogP contribution in [0.25, 0.3) is 10.9 Å². The maximum Gasteiger partial charge on any atom is 0.306 e. The van der Waals surface area contributed by atoms with E-state index in [4.69, 9.17) is 5.73 Å². The van der Waals surface area contributed by atoms with Crippen LogP contribution in [0.1, 0.15) is 18.5 Å². The van der Waals surface area contributed by atoms with Gasteiger partial charge in [0, 0.05) is 18.9 Å². The Morgan fingerprint density at radius 2 is 2.21 bits per heavy atom. The van der Waals surface area contributed by atoms with Crippen LogP contribution in [-0.2, 0) is 18.3 Å². The normalized spacial score (nSPS) is 12.7. The van der Waals surface area contributed by atoms with Gasteiger partial charge in [-0.2, -0.15) is 5.10 Å². The molecule has 0 spiro atoms. The highest BCUT2D eigenvalue weighted by atomic mass is 16.4. The predicted octanol–water partition coefficient (Wildman–Crippen LogP) is 1.56. The van der Waals surface area contributed by atoms with Crippen LogP contribution < -0.4 is 5.73 Å². The van der Waals surface area contributed by atoms with Crippen LogP contribution in [0, 0.1) is 5.92 Å². The van der Waals surface area contributed by atoms with Gasteiger partial charge in [0.2, 0.25) is 0 Å². The lowest BCUT2D eigenvalue weighted by Crippen LogP contribution is -2.18. The molecule has 1 unspecified atom stereocenters. The Kier molecular flexibility index (Phi) is 4.16. The van der Waals surface area contributed by atoms with E-state index in [2.05, 4.69) is 5.10 Å². The molecule has 1 heterocycles. The number of nitrogens with zero attached hydrogens (tertiary/aromatic N) is 2. The molecule has 0 amide bonds. The minimum atomic E-state index is -0.775. The van der Waals surface area contributed by atoms with E-state index in [1.165, 1.54) is 0 Å². The molecule has 5 nitrogen and oxygen atoms in total. The van der Waals surface area contributed by atoms with Gasteiger partial charge in [-0.15, -0.1) is 0 Å². The Morgan fingerprint density at radius 1 is 1.47 bits per heavy atom. The fourth-order valence-corrected chi connectivity index (χ4v) is 2.35. The van der Waals surface area contributed by atoms with Crippen molar-refractivity contribution in [3.63, 3.8) is 0 Å². The van der Waals surface area contributed by atoms with Crippen LogP contribution in [0.2, 0.25) is 0 Å². The number of benzene rings is 1. The van der Waals surface area contributed by atoms with Crippen molar-refractivity contribution in [1.82, 2.24) is 9.78 Å². The first kappa shape index (κ1) is 13.5. The number of carbonyl (C=O) groups is 1. The molecular formula is C14H19N3O2. The molecule has 0 aliphatic carbocycles. The van der Waals surface area contributed by atoms with E-state index in [1.807, 2.05) is 31.3 Å². The Labute approximate surface area is 112 Å². The number of rotatable bonds is 6. The zero-order valence-electron chi connectivity index (χ0n) is 11.0. The molecule has 3 N–H and O–H groups in total. The minimum absolute atomic E-state index is 0.415. The van der Waals surface area contributed by atoms with Gasteiger partial charge in [0.15, 0.2) is 0 Å².